The Labute approximate surface area is 184 Å². The Kier molecular flexibility index (Phi) is 6.41. The van der Waals surface area contributed by atoms with Crippen LogP contribution in [0.25, 0.3) is 0 Å². The quantitative estimate of drug-likeness (QED) is 0.356. The number of amides is 1. The molecule has 1 amide bonds. The fraction of sp³-hybridized carbons (Fsp3) is 0.158. The largest absolute Gasteiger partial charge is 0.467 e. The highest BCUT2D eigenvalue weighted by Crippen LogP contribution is 2.33. The maximum Gasteiger partial charge on any atom is 0.230 e. The van der Waals surface area contributed by atoms with Crippen LogP contribution in [0.3, 0.4) is 0 Å². The minimum absolute atomic E-state index is 0.190. The van der Waals surface area contributed by atoms with Crippen LogP contribution in [0.4, 0.5) is 20.3 Å². The Morgan fingerprint density at radius 2 is 2.13 bits per heavy atom. The van der Waals surface area contributed by atoms with E-state index in [1.54, 1.807) is 24.5 Å². The molecule has 11 heteroatoms. The third-order valence-electron chi connectivity index (χ3n) is 3.88. The van der Waals surface area contributed by atoms with Crippen LogP contribution in [0, 0.1) is 5.82 Å². The summed E-state index contributed by atoms with van der Waals surface area (Å²) in [6.45, 7) is 1.93. The molecule has 0 aliphatic carbocycles. The second-order valence-corrected chi connectivity index (χ2v) is 9.06. The summed E-state index contributed by atoms with van der Waals surface area (Å²) in [5.41, 5.74) is 0.970. The van der Waals surface area contributed by atoms with Gasteiger partial charge in [-0.2, -0.15) is 0 Å². The van der Waals surface area contributed by atoms with Gasteiger partial charge in [0.2, 0.25) is 11.0 Å². The lowest BCUT2D eigenvalue weighted by molar-refractivity contribution is -0.115. The summed E-state index contributed by atoms with van der Waals surface area (Å²) in [4.78, 5) is 17.9. The summed E-state index contributed by atoms with van der Waals surface area (Å²) >= 11 is 4.23. The van der Waals surface area contributed by atoms with E-state index in [4.69, 9.17) is 4.42 Å². The van der Waals surface area contributed by atoms with Gasteiger partial charge in [0.25, 0.3) is 0 Å². The number of nitrogens with one attached hydrogen (secondary N) is 1. The molecule has 0 aliphatic rings. The fourth-order valence-electron chi connectivity index (χ4n) is 2.56. The summed E-state index contributed by atoms with van der Waals surface area (Å²) in [7, 11) is 0. The second-order valence-electron chi connectivity index (χ2n) is 6.02. The Bertz CT molecular complexity index is 1130. The number of carbonyl (C=O) groups excluding carboxylic acids is 1. The topological polar surface area (TPSA) is 84.2 Å². The smallest absolute Gasteiger partial charge is 0.230 e. The van der Waals surface area contributed by atoms with Gasteiger partial charge in [-0.25, -0.2) is 9.37 Å². The molecule has 3 aromatic heterocycles. The predicted octanol–water partition coefficient (Wildman–Crippen LogP) is 5.32. The van der Waals surface area contributed by atoms with Gasteiger partial charge in [-0.05, 0) is 24.3 Å². The number of hydrogen-bond acceptors (Lipinski definition) is 9. The van der Waals surface area contributed by atoms with Gasteiger partial charge in [-0.1, -0.05) is 35.2 Å². The average molecular weight is 462 g/mol. The number of benzene rings is 1. The number of hydrogen-bond donors (Lipinski definition) is 1. The highest BCUT2D eigenvalue weighted by atomic mass is 32.2. The van der Waals surface area contributed by atoms with Crippen LogP contribution < -0.4 is 10.2 Å². The molecule has 7 nitrogen and oxygen atoms in total. The van der Waals surface area contributed by atoms with Crippen molar-refractivity contribution in [1.82, 2.24) is 15.2 Å². The van der Waals surface area contributed by atoms with Gasteiger partial charge in [0.05, 0.1) is 24.2 Å². The highest BCUT2D eigenvalue weighted by molar-refractivity contribution is 8.00. The molecule has 4 aromatic rings. The Morgan fingerprint density at radius 3 is 2.90 bits per heavy atom. The number of thioether (sulfide) groups is 1. The van der Waals surface area contributed by atoms with Crippen molar-refractivity contribution in [2.75, 3.05) is 10.2 Å². The third kappa shape index (κ3) is 4.86. The first-order chi connectivity index (χ1) is 14.6. The molecule has 0 fully saturated rings. The van der Waals surface area contributed by atoms with Crippen molar-refractivity contribution in [1.29, 1.82) is 0 Å². The third-order valence-corrected chi connectivity index (χ3v) is 6.81. The van der Waals surface area contributed by atoms with Crippen LogP contribution in [-0.2, 0) is 17.1 Å². The molecule has 0 atom stereocenters. The number of para-hydroxylation sites is 1. The number of anilines is 3. The van der Waals surface area contributed by atoms with Crippen molar-refractivity contribution in [2.24, 2.45) is 0 Å². The summed E-state index contributed by atoms with van der Waals surface area (Å²) in [5.74, 6) is 0.610. The number of furan rings is 1. The van der Waals surface area contributed by atoms with Gasteiger partial charge in [0.1, 0.15) is 11.6 Å². The van der Waals surface area contributed by atoms with Crippen molar-refractivity contribution in [3.63, 3.8) is 0 Å². The van der Waals surface area contributed by atoms with Crippen LogP contribution in [0.1, 0.15) is 18.4 Å². The Morgan fingerprint density at radius 1 is 1.27 bits per heavy atom. The number of halogens is 1. The van der Waals surface area contributed by atoms with Gasteiger partial charge >= 0.3 is 0 Å². The number of carbonyl (C=O) groups is 1. The minimum Gasteiger partial charge on any atom is -0.467 e. The first-order valence-corrected chi connectivity index (χ1v) is 11.5. The number of thiazole rings is 1. The van der Waals surface area contributed by atoms with Crippen molar-refractivity contribution in [3.8, 4) is 0 Å². The normalized spacial score (nSPS) is 10.9. The first kappa shape index (κ1) is 20.5. The molecule has 154 valence electrons. The number of nitrogens with zero attached hydrogens (tertiary/aromatic N) is 4. The van der Waals surface area contributed by atoms with Crippen LogP contribution >= 0.6 is 34.4 Å². The molecular weight excluding hydrogens is 445 g/mol. The van der Waals surface area contributed by atoms with Crippen molar-refractivity contribution >= 4 is 56.3 Å². The van der Waals surface area contributed by atoms with E-state index in [2.05, 4.69) is 20.5 Å². The molecule has 4 rings (SSSR count). The molecule has 0 aliphatic heterocycles. The standard InChI is InChI=1S/C19H16FN5O2S3/c1-12(26)25(16-7-3-2-6-15(16)20)18-22-13(10-28-18)11-29-19-24-23-17(30-19)21-9-14-5-4-8-27-14/h2-8,10H,9,11H2,1H3,(H,21,23). The molecule has 1 aromatic carbocycles. The zero-order valence-electron chi connectivity index (χ0n) is 15.7. The van der Waals surface area contributed by atoms with E-state index >= 15 is 0 Å². The van der Waals surface area contributed by atoms with E-state index in [1.165, 1.54) is 52.3 Å². The second kappa shape index (κ2) is 9.37. The molecular formula is C19H16FN5O2S3. The van der Waals surface area contributed by atoms with Crippen LogP contribution in [-0.4, -0.2) is 21.1 Å². The highest BCUT2D eigenvalue weighted by Gasteiger charge is 2.21. The maximum atomic E-state index is 14.2. The Hall–Kier alpha value is -2.76. The van der Waals surface area contributed by atoms with E-state index in [0.29, 0.717) is 22.6 Å². The van der Waals surface area contributed by atoms with Crippen molar-refractivity contribution < 1.29 is 13.6 Å². The van der Waals surface area contributed by atoms with Crippen LogP contribution in [0.5, 0.6) is 0 Å². The van der Waals surface area contributed by atoms with E-state index < -0.39 is 5.82 Å². The van der Waals surface area contributed by atoms with E-state index in [9.17, 15) is 9.18 Å². The number of rotatable bonds is 8. The molecule has 0 spiro atoms. The maximum absolute atomic E-state index is 14.2. The zero-order chi connectivity index (χ0) is 20.9. The molecule has 1 N–H and O–H groups in total. The van der Waals surface area contributed by atoms with Crippen molar-refractivity contribution in [2.45, 2.75) is 23.6 Å². The SMILES string of the molecule is CC(=O)N(c1nc(CSc2nnc(NCc3ccco3)s2)cs1)c1ccccc1F. The Balaban J connectivity index is 1.39. The summed E-state index contributed by atoms with van der Waals surface area (Å²) < 4.78 is 20.2. The molecule has 0 bridgehead atoms. The summed E-state index contributed by atoms with van der Waals surface area (Å²) in [6, 6.07) is 9.87. The van der Waals surface area contributed by atoms with Crippen molar-refractivity contribution in [3.05, 3.63) is 65.3 Å². The summed E-state index contributed by atoms with van der Waals surface area (Å²) in [6.07, 6.45) is 1.62. The van der Waals surface area contributed by atoms with E-state index in [0.717, 1.165) is 15.8 Å². The summed E-state index contributed by atoms with van der Waals surface area (Å²) in [5, 5.41) is 14.4. The van der Waals surface area contributed by atoms with E-state index in [-0.39, 0.29) is 11.6 Å². The molecule has 3 heterocycles. The molecule has 0 saturated carbocycles. The van der Waals surface area contributed by atoms with Gasteiger partial charge in [0, 0.05) is 18.1 Å². The average Bonchev–Trinajstić information content (AvgIpc) is 3.49. The molecule has 0 saturated heterocycles. The van der Waals surface area contributed by atoms with Gasteiger partial charge in [0.15, 0.2) is 9.47 Å². The van der Waals surface area contributed by atoms with Gasteiger partial charge in [-0.3, -0.25) is 9.69 Å². The van der Waals surface area contributed by atoms with Crippen LogP contribution in [0.15, 0.2) is 56.8 Å². The van der Waals surface area contributed by atoms with E-state index in [1.807, 2.05) is 17.5 Å². The predicted molar refractivity (Wildman–Crippen MR) is 117 cm³/mol. The fourth-order valence-corrected chi connectivity index (χ4v) is 5.18. The lowest BCUT2D eigenvalue weighted by Crippen LogP contribution is -2.23. The lowest BCUT2D eigenvalue weighted by atomic mass is 10.3. The molecule has 0 unspecified atom stereocenters. The monoisotopic (exact) mass is 461 g/mol. The first-order valence-electron chi connectivity index (χ1n) is 8.82. The molecule has 30 heavy (non-hydrogen) atoms. The number of aromatic nitrogens is 3. The lowest BCUT2D eigenvalue weighted by Gasteiger charge is -2.18. The van der Waals surface area contributed by atoms with Gasteiger partial charge in [-0.15, -0.1) is 21.5 Å². The van der Waals surface area contributed by atoms with Crippen LogP contribution in [0.2, 0.25) is 0 Å². The van der Waals surface area contributed by atoms with Gasteiger partial charge < -0.3 is 9.73 Å². The zero-order valence-corrected chi connectivity index (χ0v) is 18.2. The molecule has 0 radical (unpaired) electrons. The minimum atomic E-state index is -0.470.